The quantitative estimate of drug-likeness (QED) is 0.644. The molecule has 1 rings (SSSR count). The average molecular weight is 372 g/mol. The highest BCUT2D eigenvalue weighted by Gasteiger charge is 2.16. The van der Waals surface area contributed by atoms with Crippen LogP contribution in [-0.2, 0) is 20.1 Å². The molecule has 0 fully saturated rings. The number of rotatable bonds is 8. The molecule has 0 aliphatic rings. The van der Waals surface area contributed by atoms with E-state index >= 15 is 0 Å². The molecule has 4 nitrogen and oxygen atoms in total. The van der Waals surface area contributed by atoms with Crippen molar-refractivity contribution in [1.82, 2.24) is 4.90 Å². The first-order valence-electron chi connectivity index (χ1n) is 7.95. The molecule has 1 amide bonds. The summed E-state index contributed by atoms with van der Waals surface area (Å²) in [4.78, 5) is 25.3. The molecule has 0 atom stereocenters. The fourth-order valence-electron chi connectivity index (χ4n) is 1.92. The van der Waals surface area contributed by atoms with Gasteiger partial charge < -0.3 is 9.64 Å². The molecule has 0 N–H and O–H groups in total. The summed E-state index contributed by atoms with van der Waals surface area (Å²) in [5, 5.41) is 0.713. The zero-order chi connectivity index (χ0) is 18.2. The van der Waals surface area contributed by atoms with Gasteiger partial charge in [-0.15, -0.1) is 11.8 Å². The predicted octanol–water partition coefficient (Wildman–Crippen LogP) is 4.15. The third-order valence-electron chi connectivity index (χ3n) is 3.13. The van der Waals surface area contributed by atoms with Crippen LogP contribution >= 0.6 is 23.4 Å². The number of nitrogens with zero attached hydrogens (tertiary/aromatic N) is 1. The van der Waals surface area contributed by atoms with Crippen LogP contribution in [0.2, 0.25) is 5.02 Å². The van der Waals surface area contributed by atoms with Gasteiger partial charge in [0.15, 0.2) is 0 Å². The molecule has 0 aliphatic carbocycles. The number of halogens is 1. The van der Waals surface area contributed by atoms with Crippen LogP contribution in [0.4, 0.5) is 0 Å². The zero-order valence-electron chi connectivity index (χ0n) is 14.8. The number of hydrogen-bond donors (Lipinski definition) is 0. The van der Waals surface area contributed by atoms with E-state index in [-0.39, 0.29) is 11.9 Å². The van der Waals surface area contributed by atoms with Gasteiger partial charge in [-0.25, -0.2) is 0 Å². The largest absolute Gasteiger partial charge is 0.460 e. The van der Waals surface area contributed by atoms with Gasteiger partial charge in [0.2, 0.25) is 5.91 Å². The van der Waals surface area contributed by atoms with Gasteiger partial charge in [-0.3, -0.25) is 9.59 Å². The summed E-state index contributed by atoms with van der Waals surface area (Å²) in [7, 11) is 1.76. The minimum absolute atomic E-state index is 0.0677. The second-order valence-electron chi connectivity index (χ2n) is 6.62. The molecule has 24 heavy (non-hydrogen) atoms. The highest BCUT2D eigenvalue weighted by atomic mass is 35.5. The third kappa shape index (κ3) is 9.18. The van der Waals surface area contributed by atoms with Crippen molar-refractivity contribution in [1.29, 1.82) is 0 Å². The average Bonchev–Trinajstić information content (AvgIpc) is 2.47. The number of carbonyl (C=O) groups excluding carboxylic acids is 2. The van der Waals surface area contributed by atoms with E-state index < -0.39 is 5.60 Å². The highest BCUT2D eigenvalue weighted by molar-refractivity contribution is 7.99. The number of amides is 1. The molecule has 0 saturated carbocycles. The Kier molecular flexibility index (Phi) is 8.63. The van der Waals surface area contributed by atoms with Crippen molar-refractivity contribution in [3.05, 3.63) is 34.9 Å². The van der Waals surface area contributed by atoms with Gasteiger partial charge in [0.05, 0.1) is 5.75 Å². The molecule has 0 unspecified atom stereocenters. The summed E-state index contributed by atoms with van der Waals surface area (Å²) in [6.45, 7) is 6.09. The van der Waals surface area contributed by atoms with Crippen LogP contribution in [-0.4, -0.2) is 41.7 Å². The molecular weight excluding hydrogens is 346 g/mol. The molecule has 0 bridgehead atoms. The maximum Gasteiger partial charge on any atom is 0.306 e. The summed E-state index contributed by atoms with van der Waals surface area (Å²) in [5.74, 6) is 1.04. The maximum atomic E-state index is 12.1. The number of benzene rings is 1. The molecular formula is C18H26ClNO3S. The van der Waals surface area contributed by atoms with Crippen LogP contribution in [0.15, 0.2) is 24.3 Å². The molecule has 0 saturated heterocycles. The first-order chi connectivity index (χ1) is 11.2. The minimum Gasteiger partial charge on any atom is -0.460 e. The van der Waals surface area contributed by atoms with E-state index in [1.54, 1.807) is 23.7 Å². The van der Waals surface area contributed by atoms with Crippen molar-refractivity contribution in [3.63, 3.8) is 0 Å². The number of hydrogen-bond acceptors (Lipinski definition) is 4. The molecule has 134 valence electrons. The fraction of sp³-hybridized carbons (Fsp3) is 0.556. The summed E-state index contributed by atoms with van der Waals surface area (Å²) < 4.78 is 5.25. The fourth-order valence-corrected chi connectivity index (χ4v) is 2.98. The highest BCUT2D eigenvalue weighted by Crippen LogP contribution is 2.16. The van der Waals surface area contributed by atoms with Crippen molar-refractivity contribution in [2.75, 3.05) is 19.3 Å². The second-order valence-corrected chi connectivity index (χ2v) is 8.05. The Morgan fingerprint density at radius 1 is 1.21 bits per heavy atom. The maximum absolute atomic E-state index is 12.1. The van der Waals surface area contributed by atoms with Crippen LogP contribution < -0.4 is 0 Å². The summed E-state index contributed by atoms with van der Waals surface area (Å²) >= 11 is 7.41. The summed E-state index contributed by atoms with van der Waals surface area (Å²) in [5.41, 5.74) is 0.682. The molecule has 0 heterocycles. The monoisotopic (exact) mass is 371 g/mol. The molecule has 1 aromatic rings. The lowest BCUT2D eigenvalue weighted by atomic mass is 10.2. The Bertz CT molecular complexity index is 540. The molecule has 0 radical (unpaired) electrons. The van der Waals surface area contributed by atoms with Gasteiger partial charge in [0.25, 0.3) is 0 Å². The van der Waals surface area contributed by atoms with Crippen LogP contribution in [0.3, 0.4) is 0 Å². The third-order valence-corrected chi connectivity index (χ3v) is 4.37. The molecule has 0 aliphatic heterocycles. The normalized spacial score (nSPS) is 11.2. The van der Waals surface area contributed by atoms with Crippen molar-refractivity contribution in [3.8, 4) is 0 Å². The smallest absolute Gasteiger partial charge is 0.306 e. The summed E-state index contributed by atoms with van der Waals surface area (Å²) in [6, 6.07) is 7.62. The SMILES string of the molecule is CN(CCCC(=O)OC(C)(C)C)C(=O)CSCc1ccc(Cl)cc1. The van der Waals surface area contributed by atoms with E-state index in [0.29, 0.717) is 30.2 Å². The van der Waals surface area contributed by atoms with Crippen LogP contribution in [0.1, 0.15) is 39.2 Å². The lowest BCUT2D eigenvalue weighted by Gasteiger charge is -2.20. The Hall–Kier alpha value is -1.20. The second kappa shape index (κ2) is 9.94. The standard InChI is InChI=1S/C18H26ClNO3S/c1-18(2,3)23-17(22)6-5-11-20(4)16(21)13-24-12-14-7-9-15(19)10-8-14/h7-10H,5-6,11-13H2,1-4H3. The van der Waals surface area contributed by atoms with Crippen molar-refractivity contribution < 1.29 is 14.3 Å². The molecule has 6 heteroatoms. The first-order valence-corrected chi connectivity index (χ1v) is 9.48. The van der Waals surface area contributed by atoms with Crippen molar-refractivity contribution in [2.45, 2.75) is 45.0 Å². The van der Waals surface area contributed by atoms with E-state index in [1.807, 2.05) is 45.0 Å². The zero-order valence-corrected chi connectivity index (χ0v) is 16.4. The van der Waals surface area contributed by atoms with Crippen molar-refractivity contribution >= 4 is 35.2 Å². The number of carbonyl (C=O) groups is 2. The van der Waals surface area contributed by atoms with Crippen LogP contribution in [0.25, 0.3) is 0 Å². The van der Waals surface area contributed by atoms with Crippen LogP contribution in [0, 0.1) is 0 Å². The Labute approximate surface area is 153 Å². The van der Waals surface area contributed by atoms with E-state index in [0.717, 1.165) is 11.3 Å². The molecule has 1 aromatic carbocycles. The lowest BCUT2D eigenvalue weighted by Crippen LogP contribution is -2.30. The number of esters is 1. The lowest BCUT2D eigenvalue weighted by molar-refractivity contribution is -0.155. The summed E-state index contributed by atoms with van der Waals surface area (Å²) in [6.07, 6.45) is 0.936. The number of thioether (sulfide) groups is 1. The van der Waals surface area contributed by atoms with Gasteiger partial charge in [-0.1, -0.05) is 23.7 Å². The topological polar surface area (TPSA) is 46.6 Å². The first kappa shape index (κ1) is 20.8. The van der Waals surface area contributed by atoms with E-state index in [9.17, 15) is 9.59 Å². The van der Waals surface area contributed by atoms with E-state index in [2.05, 4.69) is 0 Å². The molecule has 0 spiro atoms. The van der Waals surface area contributed by atoms with E-state index in [1.165, 1.54) is 0 Å². The Morgan fingerprint density at radius 2 is 1.83 bits per heavy atom. The number of ether oxygens (including phenoxy) is 1. The Balaban J connectivity index is 2.20. The minimum atomic E-state index is -0.461. The van der Waals surface area contributed by atoms with Crippen LogP contribution in [0.5, 0.6) is 0 Å². The molecule has 0 aromatic heterocycles. The van der Waals surface area contributed by atoms with Gasteiger partial charge in [-0.05, 0) is 44.9 Å². The van der Waals surface area contributed by atoms with Gasteiger partial charge in [-0.2, -0.15) is 0 Å². The van der Waals surface area contributed by atoms with Crippen molar-refractivity contribution in [2.24, 2.45) is 0 Å². The van der Waals surface area contributed by atoms with Gasteiger partial charge >= 0.3 is 5.97 Å². The van der Waals surface area contributed by atoms with E-state index in [4.69, 9.17) is 16.3 Å². The van der Waals surface area contributed by atoms with Gasteiger partial charge in [0, 0.05) is 30.8 Å². The Morgan fingerprint density at radius 3 is 2.42 bits per heavy atom. The van der Waals surface area contributed by atoms with Gasteiger partial charge in [0.1, 0.15) is 5.60 Å². The predicted molar refractivity (Wildman–Crippen MR) is 100 cm³/mol.